The first kappa shape index (κ1) is 29.2. The summed E-state index contributed by atoms with van der Waals surface area (Å²) in [6, 6.07) is 13.9. The van der Waals surface area contributed by atoms with Gasteiger partial charge in [-0.15, -0.1) is 0 Å². The van der Waals surface area contributed by atoms with E-state index in [4.69, 9.17) is 4.74 Å². The number of benzene rings is 2. The van der Waals surface area contributed by atoms with Crippen molar-refractivity contribution in [2.24, 2.45) is 0 Å². The van der Waals surface area contributed by atoms with Crippen LogP contribution in [0.2, 0.25) is 0 Å². The molecule has 0 aliphatic rings. The van der Waals surface area contributed by atoms with Crippen LogP contribution in [0.4, 0.5) is 5.69 Å². The predicted octanol–water partition coefficient (Wildman–Crippen LogP) is 3.88. The Bertz CT molecular complexity index is 1140. The number of nitrogens with zero attached hydrogens (tertiary/aromatic N) is 2. The highest BCUT2D eigenvalue weighted by atomic mass is 32.2. The number of ether oxygens (including phenoxy) is 1. The van der Waals surface area contributed by atoms with Crippen LogP contribution in [-0.2, 0) is 26.2 Å². The first-order valence-electron chi connectivity index (χ1n) is 12.2. The molecule has 198 valence electrons. The molecule has 0 saturated heterocycles. The SMILES string of the molecule is CC[C@@H](C)NC(=O)[C@H](C)N(Cc1cccc(OC)c1)C(=O)CCCN(c1ccccc1C)S(C)(=O)=O. The van der Waals surface area contributed by atoms with Gasteiger partial charge in [0.15, 0.2) is 0 Å². The molecule has 2 rings (SSSR count). The lowest BCUT2D eigenvalue weighted by Crippen LogP contribution is -2.49. The van der Waals surface area contributed by atoms with Crippen LogP contribution in [0.25, 0.3) is 0 Å². The third-order valence-corrected chi connectivity index (χ3v) is 7.37. The van der Waals surface area contributed by atoms with Crippen molar-refractivity contribution in [3.8, 4) is 5.75 Å². The predicted molar refractivity (Wildman–Crippen MR) is 144 cm³/mol. The number of rotatable bonds is 13. The van der Waals surface area contributed by atoms with E-state index in [0.717, 1.165) is 23.8 Å². The van der Waals surface area contributed by atoms with Gasteiger partial charge in [0.1, 0.15) is 11.8 Å². The summed E-state index contributed by atoms with van der Waals surface area (Å²) < 4.78 is 31.6. The Hall–Kier alpha value is -3.07. The van der Waals surface area contributed by atoms with E-state index in [0.29, 0.717) is 17.9 Å². The summed E-state index contributed by atoms with van der Waals surface area (Å²) in [6.07, 6.45) is 2.36. The molecule has 0 aliphatic carbocycles. The molecule has 0 aliphatic heterocycles. The monoisotopic (exact) mass is 517 g/mol. The number of hydrogen-bond acceptors (Lipinski definition) is 5. The van der Waals surface area contributed by atoms with Gasteiger partial charge in [-0.1, -0.05) is 37.3 Å². The molecule has 9 heteroatoms. The highest BCUT2D eigenvalue weighted by molar-refractivity contribution is 7.92. The van der Waals surface area contributed by atoms with Crippen molar-refractivity contribution in [2.75, 3.05) is 24.2 Å². The summed E-state index contributed by atoms with van der Waals surface area (Å²) in [5, 5.41) is 2.95. The topological polar surface area (TPSA) is 96.0 Å². The summed E-state index contributed by atoms with van der Waals surface area (Å²) in [5.74, 6) is 0.222. The lowest BCUT2D eigenvalue weighted by atomic mass is 10.1. The summed E-state index contributed by atoms with van der Waals surface area (Å²) >= 11 is 0. The largest absolute Gasteiger partial charge is 0.497 e. The van der Waals surface area contributed by atoms with Gasteiger partial charge in [0.05, 0.1) is 19.1 Å². The molecule has 8 nitrogen and oxygen atoms in total. The molecule has 0 spiro atoms. The lowest BCUT2D eigenvalue weighted by molar-refractivity contribution is -0.140. The molecule has 0 unspecified atom stereocenters. The van der Waals surface area contributed by atoms with Crippen molar-refractivity contribution < 1.29 is 22.7 Å². The molecule has 2 aromatic rings. The maximum atomic E-state index is 13.4. The molecule has 0 fully saturated rings. The second-order valence-corrected chi connectivity index (χ2v) is 11.0. The number of amides is 2. The van der Waals surface area contributed by atoms with Crippen molar-refractivity contribution in [3.05, 3.63) is 59.7 Å². The van der Waals surface area contributed by atoms with Gasteiger partial charge >= 0.3 is 0 Å². The van der Waals surface area contributed by atoms with Crippen molar-refractivity contribution in [1.29, 1.82) is 0 Å². The second kappa shape index (κ2) is 13.3. The fourth-order valence-corrected chi connectivity index (χ4v) is 4.86. The minimum Gasteiger partial charge on any atom is -0.497 e. The number of nitrogens with one attached hydrogen (secondary N) is 1. The Kier molecular flexibility index (Phi) is 10.8. The van der Waals surface area contributed by atoms with E-state index in [9.17, 15) is 18.0 Å². The highest BCUT2D eigenvalue weighted by Crippen LogP contribution is 2.23. The van der Waals surface area contributed by atoms with Gasteiger partial charge in [-0.25, -0.2) is 8.42 Å². The van der Waals surface area contributed by atoms with E-state index >= 15 is 0 Å². The molecule has 0 aromatic heterocycles. The Morgan fingerprint density at radius 3 is 2.39 bits per heavy atom. The number of anilines is 1. The second-order valence-electron chi connectivity index (χ2n) is 9.09. The van der Waals surface area contributed by atoms with E-state index in [1.54, 1.807) is 31.1 Å². The molecule has 2 atom stereocenters. The zero-order valence-corrected chi connectivity index (χ0v) is 23.0. The smallest absolute Gasteiger partial charge is 0.242 e. The van der Waals surface area contributed by atoms with Crippen LogP contribution < -0.4 is 14.4 Å². The van der Waals surface area contributed by atoms with Gasteiger partial charge in [0, 0.05) is 25.6 Å². The number of aryl methyl sites for hydroxylation is 1. The van der Waals surface area contributed by atoms with E-state index in [2.05, 4.69) is 5.32 Å². The van der Waals surface area contributed by atoms with Gasteiger partial charge in [-0.05, 0) is 62.9 Å². The van der Waals surface area contributed by atoms with Crippen LogP contribution in [0, 0.1) is 6.92 Å². The zero-order chi connectivity index (χ0) is 26.9. The van der Waals surface area contributed by atoms with Crippen LogP contribution in [0.15, 0.2) is 48.5 Å². The third-order valence-electron chi connectivity index (χ3n) is 6.19. The first-order chi connectivity index (χ1) is 17.0. The number of methoxy groups -OCH3 is 1. The molecule has 36 heavy (non-hydrogen) atoms. The molecule has 2 aromatic carbocycles. The summed E-state index contributed by atoms with van der Waals surface area (Å²) in [7, 11) is -1.96. The van der Waals surface area contributed by atoms with Crippen molar-refractivity contribution in [1.82, 2.24) is 10.2 Å². The number of para-hydroxylation sites is 1. The van der Waals surface area contributed by atoms with E-state index in [1.807, 2.05) is 57.2 Å². The molecule has 0 radical (unpaired) electrons. The molecule has 2 amide bonds. The normalized spacial score (nSPS) is 12.9. The summed E-state index contributed by atoms with van der Waals surface area (Å²) in [4.78, 5) is 27.8. The Labute approximate surface area is 215 Å². The van der Waals surface area contributed by atoms with E-state index in [-0.39, 0.29) is 37.4 Å². The zero-order valence-electron chi connectivity index (χ0n) is 22.2. The third kappa shape index (κ3) is 8.26. The van der Waals surface area contributed by atoms with Crippen molar-refractivity contribution in [2.45, 2.75) is 65.6 Å². The minimum absolute atomic E-state index is 0.00819. The van der Waals surface area contributed by atoms with Gasteiger partial charge in [-0.2, -0.15) is 0 Å². The van der Waals surface area contributed by atoms with Gasteiger partial charge in [0.2, 0.25) is 21.8 Å². The van der Waals surface area contributed by atoms with Crippen LogP contribution in [0.5, 0.6) is 5.75 Å². The molecule has 1 N–H and O–H groups in total. The number of carbonyl (C=O) groups is 2. The van der Waals surface area contributed by atoms with Crippen LogP contribution in [0.1, 0.15) is 51.2 Å². The number of carbonyl (C=O) groups excluding carboxylic acids is 2. The average Bonchev–Trinajstić information content (AvgIpc) is 2.84. The van der Waals surface area contributed by atoms with Gasteiger partial charge in [-0.3, -0.25) is 13.9 Å². The quantitative estimate of drug-likeness (QED) is 0.435. The average molecular weight is 518 g/mol. The fraction of sp³-hybridized carbons (Fsp3) is 0.481. The molecule has 0 heterocycles. The number of sulfonamides is 1. The number of hydrogen-bond donors (Lipinski definition) is 1. The van der Waals surface area contributed by atoms with Gasteiger partial charge in [0.25, 0.3) is 0 Å². The lowest BCUT2D eigenvalue weighted by Gasteiger charge is -2.30. The molecule has 0 bridgehead atoms. The molecular weight excluding hydrogens is 478 g/mol. The summed E-state index contributed by atoms with van der Waals surface area (Å²) in [6.45, 7) is 7.87. The van der Waals surface area contributed by atoms with Crippen LogP contribution in [0.3, 0.4) is 0 Å². The highest BCUT2D eigenvalue weighted by Gasteiger charge is 2.27. The minimum atomic E-state index is -3.53. The van der Waals surface area contributed by atoms with Crippen molar-refractivity contribution >= 4 is 27.5 Å². The van der Waals surface area contributed by atoms with Gasteiger partial charge < -0.3 is 15.0 Å². The molecular formula is C27H39N3O5S. The van der Waals surface area contributed by atoms with Crippen LogP contribution >= 0.6 is 0 Å². The first-order valence-corrected chi connectivity index (χ1v) is 14.1. The fourth-order valence-electron chi connectivity index (χ4n) is 3.84. The van der Waals surface area contributed by atoms with E-state index in [1.165, 1.54) is 4.31 Å². The Morgan fingerprint density at radius 2 is 1.78 bits per heavy atom. The Morgan fingerprint density at radius 1 is 1.08 bits per heavy atom. The van der Waals surface area contributed by atoms with E-state index < -0.39 is 16.1 Å². The van der Waals surface area contributed by atoms with Crippen LogP contribution in [-0.4, -0.2) is 57.1 Å². The maximum Gasteiger partial charge on any atom is 0.242 e. The standard InChI is InChI=1S/C27H39N3O5S/c1-7-21(3)28-27(32)22(4)29(19-23-13-10-14-24(18-23)35-5)26(31)16-11-17-30(36(6,33)34)25-15-9-8-12-20(25)2/h8-10,12-15,18,21-22H,7,11,16-17,19H2,1-6H3,(H,28,32)/t21-,22+/m1/s1. The Balaban J connectivity index is 2.20. The summed E-state index contributed by atoms with van der Waals surface area (Å²) in [5.41, 5.74) is 2.27. The molecule has 0 saturated carbocycles. The maximum absolute atomic E-state index is 13.4. The van der Waals surface area contributed by atoms with Crippen molar-refractivity contribution in [3.63, 3.8) is 0 Å².